The Hall–Kier alpha value is -1.16. The summed E-state index contributed by atoms with van der Waals surface area (Å²) in [6, 6.07) is 5.63. The van der Waals surface area contributed by atoms with Gasteiger partial charge in [0.2, 0.25) is 10.0 Å². The van der Waals surface area contributed by atoms with Crippen molar-refractivity contribution in [3.63, 3.8) is 0 Å². The highest BCUT2D eigenvalue weighted by atomic mass is 32.2. The lowest BCUT2D eigenvalue weighted by atomic mass is 10.3. The molecule has 7 nitrogen and oxygen atoms in total. The molecule has 0 unspecified atom stereocenters. The van der Waals surface area contributed by atoms with Crippen molar-refractivity contribution in [1.82, 2.24) is 4.72 Å². The lowest BCUT2D eigenvalue weighted by Crippen LogP contribution is -2.27. The van der Waals surface area contributed by atoms with Crippen LogP contribution >= 0.6 is 0 Å². The summed E-state index contributed by atoms with van der Waals surface area (Å²) in [5.74, 6) is 0. The van der Waals surface area contributed by atoms with Gasteiger partial charge in [-0.1, -0.05) is 0 Å². The molecule has 1 aromatic rings. The van der Waals surface area contributed by atoms with E-state index in [1.165, 1.54) is 24.3 Å². The van der Waals surface area contributed by atoms with Gasteiger partial charge < -0.3 is 0 Å². The third-order valence-corrected chi connectivity index (χ3v) is 4.26. The van der Waals surface area contributed by atoms with Crippen LogP contribution in [0, 0.1) is 31.7 Å². The Morgan fingerprint density at radius 1 is 0.850 bits per heavy atom. The molecule has 9 heteroatoms. The molecule has 0 amide bonds. The molecular formula is C11H12N3O4S2. The highest BCUT2D eigenvalue weighted by molar-refractivity contribution is 7.90. The molecule has 0 bridgehead atoms. The molecule has 0 atom stereocenters. The Bertz CT molecular complexity index is 662. The number of nitrogens with one attached hydrogen (secondary N) is 2. The van der Waals surface area contributed by atoms with Gasteiger partial charge in [-0.3, -0.25) is 4.72 Å². The minimum Gasteiger partial charge on any atom is -0.271 e. The predicted molar refractivity (Wildman–Crippen MR) is 73.9 cm³/mol. The van der Waals surface area contributed by atoms with Crippen LogP contribution in [0.25, 0.3) is 0 Å². The first-order valence-electron chi connectivity index (χ1n) is 5.41. The van der Waals surface area contributed by atoms with Crippen LogP contribution in [0.5, 0.6) is 0 Å². The number of hydrogen-bond acceptors (Lipinski definition) is 4. The summed E-state index contributed by atoms with van der Waals surface area (Å²) in [5.41, 5.74) is 0.180. The molecule has 2 rings (SSSR count). The molecule has 107 valence electrons. The van der Waals surface area contributed by atoms with Crippen LogP contribution in [-0.4, -0.2) is 16.8 Å². The molecule has 1 aliphatic rings. The quantitative estimate of drug-likeness (QED) is 0.705. The standard InChI is InChI=1S/C11H12N3O4S2/c12-20(17,18)14-10-5-7-11(8-6-10)19(15,16)13-9-3-1-2-4-9/h1-8,13-14H,(H2,12,17,18). The lowest BCUT2D eigenvalue weighted by molar-refractivity contribution is 0.586. The SMILES string of the molecule is NS(=O)(=O)Nc1ccc(S(=O)(=O)N[C]2[CH][CH][CH][CH]2)cc1. The fourth-order valence-corrected chi connectivity index (χ4v) is 3.05. The Kier molecular flexibility index (Phi) is 4.33. The third-order valence-electron chi connectivity index (χ3n) is 2.34. The number of rotatable bonds is 5. The summed E-state index contributed by atoms with van der Waals surface area (Å²) in [4.78, 5) is 0.0127. The number of nitrogens with two attached hydrogens (primary N) is 1. The van der Waals surface area contributed by atoms with E-state index in [1.807, 2.05) is 4.72 Å². The first kappa shape index (κ1) is 15.2. The van der Waals surface area contributed by atoms with Gasteiger partial charge in [0.1, 0.15) is 0 Å². The van der Waals surface area contributed by atoms with Gasteiger partial charge in [-0.25, -0.2) is 18.3 Å². The van der Waals surface area contributed by atoms with Crippen molar-refractivity contribution in [3.8, 4) is 0 Å². The molecular weight excluding hydrogens is 302 g/mol. The monoisotopic (exact) mass is 314 g/mol. The van der Waals surface area contributed by atoms with Crippen molar-refractivity contribution in [2.75, 3.05) is 4.72 Å². The van der Waals surface area contributed by atoms with E-state index in [0.717, 1.165) is 0 Å². The Morgan fingerprint density at radius 2 is 1.40 bits per heavy atom. The zero-order valence-corrected chi connectivity index (χ0v) is 11.8. The maximum absolute atomic E-state index is 12.0. The molecule has 1 aliphatic carbocycles. The maximum Gasteiger partial charge on any atom is 0.296 e. The number of sulfonamides is 1. The second-order valence-corrected chi connectivity index (χ2v) is 6.93. The number of benzene rings is 1. The van der Waals surface area contributed by atoms with Gasteiger partial charge >= 0.3 is 0 Å². The van der Waals surface area contributed by atoms with E-state index in [0.29, 0.717) is 6.04 Å². The molecule has 1 fully saturated rings. The van der Waals surface area contributed by atoms with Gasteiger partial charge in [0.25, 0.3) is 10.2 Å². The summed E-state index contributed by atoms with van der Waals surface area (Å²) in [5, 5.41) is 4.81. The fraction of sp³-hybridized carbons (Fsp3) is 0. The van der Waals surface area contributed by atoms with Gasteiger partial charge in [-0.05, 0) is 49.9 Å². The summed E-state index contributed by atoms with van der Waals surface area (Å²) in [6.45, 7) is 0. The Balaban J connectivity index is 2.12. The molecule has 0 heterocycles. The van der Waals surface area contributed by atoms with Gasteiger partial charge in [-0.2, -0.15) is 8.42 Å². The van der Waals surface area contributed by atoms with Crippen LogP contribution in [0.15, 0.2) is 29.2 Å². The third kappa shape index (κ3) is 4.17. The van der Waals surface area contributed by atoms with Crippen LogP contribution in [0.4, 0.5) is 5.69 Å². The number of anilines is 1. The smallest absolute Gasteiger partial charge is 0.271 e. The second kappa shape index (κ2) is 5.68. The average molecular weight is 314 g/mol. The van der Waals surface area contributed by atoms with Crippen LogP contribution in [0.2, 0.25) is 0 Å². The molecule has 5 radical (unpaired) electrons. The van der Waals surface area contributed by atoms with Crippen LogP contribution in [0.1, 0.15) is 0 Å². The van der Waals surface area contributed by atoms with E-state index in [-0.39, 0.29) is 10.6 Å². The maximum atomic E-state index is 12.0. The van der Waals surface area contributed by atoms with Crippen LogP contribution < -0.4 is 14.6 Å². The van der Waals surface area contributed by atoms with E-state index >= 15 is 0 Å². The number of hydrogen-bond donors (Lipinski definition) is 3. The van der Waals surface area contributed by atoms with Crippen molar-refractivity contribution in [2.45, 2.75) is 4.90 Å². The van der Waals surface area contributed by atoms with E-state index in [4.69, 9.17) is 5.14 Å². The molecule has 20 heavy (non-hydrogen) atoms. The summed E-state index contributed by atoms with van der Waals surface area (Å²) >= 11 is 0. The Morgan fingerprint density at radius 3 is 1.90 bits per heavy atom. The van der Waals surface area contributed by atoms with Crippen LogP contribution in [0.3, 0.4) is 0 Å². The molecule has 4 N–H and O–H groups in total. The predicted octanol–water partition coefficient (Wildman–Crippen LogP) is -0.0569. The summed E-state index contributed by atoms with van der Waals surface area (Å²) in [7, 11) is -7.58. The van der Waals surface area contributed by atoms with Gasteiger partial charge in [0.05, 0.1) is 10.9 Å². The van der Waals surface area contributed by atoms with Gasteiger partial charge in [0, 0.05) is 5.69 Å². The summed E-state index contributed by atoms with van der Waals surface area (Å²) < 4.78 is 50.1. The molecule has 0 aliphatic heterocycles. The lowest BCUT2D eigenvalue weighted by Gasteiger charge is -2.11. The normalized spacial score (nSPS) is 17.2. The van der Waals surface area contributed by atoms with E-state index in [1.54, 1.807) is 25.7 Å². The van der Waals surface area contributed by atoms with E-state index in [9.17, 15) is 16.8 Å². The largest absolute Gasteiger partial charge is 0.296 e. The highest BCUT2D eigenvalue weighted by Gasteiger charge is 2.24. The van der Waals surface area contributed by atoms with Crippen molar-refractivity contribution in [2.24, 2.45) is 5.14 Å². The zero-order chi connectivity index (χ0) is 14.8. The van der Waals surface area contributed by atoms with Crippen molar-refractivity contribution in [3.05, 3.63) is 56.0 Å². The van der Waals surface area contributed by atoms with Crippen molar-refractivity contribution < 1.29 is 16.8 Å². The second-order valence-electron chi connectivity index (χ2n) is 3.95. The molecule has 0 spiro atoms. The highest BCUT2D eigenvalue weighted by Crippen LogP contribution is 2.23. The van der Waals surface area contributed by atoms with E-state index < -0.39 is 20.2 Å². The minimum atomic E-state index is -3.88. The van der Waals surface area contributed by atoms with Gasteiger partial charge in [0.15, 0.2) is 0 Å². The van der Waals surface area contributed by atoms with E-state index in [2.05, 4.69) is 4.72 Å². The zero-order valence-electron chi connectivity index (χ0n) is 10.1. The molecule has 0 aromatic heterocycles. The Labute approximate surface area is 118 Å². The van der Waals surface area contributed by atoms with Crippen molar-refractivity contribution in [1.29, 1.82) is 0 Å². The minimum absolute atomic E-state index is 0.0127. The average Bonchev–Trinajstić information content (AvgIpc) is 2.79. The molecule has 0 saturated heterocycles. The molecule has 1 saturated carbocycles. The summed E-state index contributed by atoms with van der Waals surface area (Å²) in [6.07, 6.45) is 6.65. The first-order valence-corrected chi connectivity index (χ1v) is 8.44. The van der Waals surface area contributed by atoms with Gasteiger partial charge in [-0.15, -0.1) is 0 Å². The van der Waals surface area contributed by atoms with Crippen LogP contribution in [-0.2, 0) is 20.2 Å². The van der Waals surface area contributed by atoms with Crippen molar-refractivity contribution >= 4 is 25.9 Å². The first-order chi connectivity index (χ1) is 9.26. The molecule has 1 aromatic carbocycles. The fourth-order valence-electron chi connectivity index (χ4n) is 1.52. The topological polar surface area (TPSA) is 118 Å².